The van der Waals surface area contributed by atoms with Gasteiger partial charge in [-0.1, -0.05) is 12.1 Å². The van der Waals surface area contributed by atoms with Crippen molar-refractivity contribution in [2.45, 2.75) is 19.1 Å². The Bertz CT molecular complexity index is 915. The van der Waals surface area contributed by atoms with Gasteiger partial charge in [0.2, 0.25) is 5.91 Å². The number of ether oxygens (including phenoxy) is 2. The summed E-state index contributed by atoms with van der Waals surface area (Å²) in [7, 11) is 3.28. The van der Waals surface area contributed by atoms with Crippen LogP contribution in [0, 0.1) is 0 Å². The summed E-state index contributed by atoms with van der Waals surface area (Å²) < 4.78 is 10.5. The number of likely N-dealkylation sites (tertiary alicyclic amines) is 1. The number of hydrogen-bond acceptors (Lipinski definition) is 6. The number of amides is 2. The van der Waals surface area contributed by atoms with Crippen LogP contribution in [0.2, 0.25) is 0 Å². The number of rotatable bonds is 5. The first-order valence-corrected chi connectivity index (χ1v) is 9.58. The van der Waals surface area contributed by atoms with Gasteiger partial charge in [0, 0.05) is 26.4 Å². The van der Waals surface area contributed by atoms with E-state index in [1.54, 1.807) is 36.3 Å². The Kier molecular flexibility index (Phi) is 5.35. The molecule has 4 rings (SSSR count). The molecule has 152 valence electrons. The van der Waals surface area contributed by atoms with Gasteiger partial charge < -0.3 is 24.6 Å². The molecule has 1 aromatic carbocycles. The Hall–Kier alpha value is -3.13. The van der Waals surface area contributed by atoms with Crippen molar-refractivity contribution in [1.82, 2.24) is 9.88 Å². The molecule has 2 amide bonds. The molecule has 1 saturated heterocycles. The first kappa shape index (κ1) is 19.2. The fraction of sp³-hybridized carbons (Fsp3) is 0.381. The van der Waals surface area contributed by atoms with E-state index in [9.17, 15) is 9.59 Å². The highest BCUT2D eigenvalue weighted by Gasteiger charge is 2.30. The van der Waals surface area contributed by atoms with E-state index in [0.717, 1.165) is 17.7 Å². The molecule has 3 heterocycles. The number of aromatic nitrogens is 1. The van der Waals surface area contributed by atoms with Crippen molar-refractivity contribution < 1.29 is 19.1 Å². The molecule has 1 atom stereocenters. The number of anilines is 2. The Morgan fingerprint density at radius 1 is 1.28 bits per heavy atom. The summed E-state index contributed by atoms with van der Waals surface area (Å²) in [4.78, 5) is 33.3. The molecule has 0 bridgehead atoms. The third-order valence-electron chi connectivity index (χ3n) is 5.38. The Balaban J connectivity index is 1.58. The van der Waals surface area contributed by atoms with E-state index in [-0.39, 0.29) is 24.5 Å². The number of fused-ring (bicyclic) bond motifs is 1. The van der Waals surface area contributed by atoms with Crippen LogP contribution >= 0.6 is 0 Å². The highest BCUT2D eigenvalue weighted by Crippen LogP contribution is 2.31. The van der Waals surface area contributed by atoms with Crippen molar-refractivity contribution >= 4 is 23.3 Å². The number of hydrogen-bond donors (Lipinski definition) is 1. The Morgan fingerprint density at radius 3 is 2.76 bits per heavy atom. The van der Waals surface area contributed by atoms with Gasteiger partial charge in [0.05, 0.1) is 37.6 Å². The van der Waals surface area contributed by atoms with Gasteiger partial charge in [-0.2, -0.15) is 0 Å². The normalized spacial score (nSPS) is 18.4. The number of nitrogens with one attached hydrogen (secondary N) is 1. The third kappa shape index (κ3) is 3.88. The van der Waals surface area contributed by atoms with Crippen molar-refractivity contribution in [2.24, 2.45) is 0 Å². The molecule has 0 aliphatic carbocycles. The van der Waals surface area contributed by atoms with Crippen molar-refractivity contribution in [3.05, 3.63) is 47.7 Å². The molecule has 1 fully saturated rings. The lowest BCUT2D eigenvalue weighted by molar-refractivity contribution is -0.117. The molecule has 0 spiro atoms. The van der Waals surface area contributed by atoms with E-state index < -0.39 is 0 Å². The fourth-order valence-electron chi connectivity index (χ4n) is 3.68. The van der Waals surface area contributed by atoms with Crippen molar-refractivity contribution in [3.8, 4) is 5.75 Å². The van der Waals surface area contributed by atoms with Gasteiger partial charge in [0.1, 0.15) is 5.75 Å². The van der Waals surface area contributed by atoms with E-state index in [2.05, 4.69) is 10.3 Å². The van der Waals surface area contributed by atoms with E-state index >= 15 is 0 Å². The van der Waals surface area contributed by atoms with Crippen LogP contribution in [0.4, 0.5) is 11.5 Å². The maximum absolute atomic E-state index is 12.9. The van der Waals surface area contributed by atoms with E-state index in [4.69, 9.17) is 9.47 Å². The van der Waals surface area contributed by atoms with E-state index in [1.807, 2.05) is 24.3 Å². The summed E-state index contributed by atoms with van der Waals surface area (Å²) >= 11 is 0. The number of pyridine rings is 1. The Morgan fingerprint density at radius 2 is 2.07 bits per heavy atom. The van der Waals surface area contributed by atoms with Crippen molar-refractivity contribution in [1.29, 1.82) is 0 Å². The number of benzene rings is 1. The second-order valence-corrected chi connectivity index (χ2v) is 7.17. The first-order valence-electron chi connectivity index (χ1n) is 9.58. The van der Waals surface area contributed by atoms with Gasteiger partial charge in [0.15, 0.2) is 5.82 Å². The van der Waals surface area contributed by atoms with Crippen LogP contribution in [0.3, 0.4) is 0 Å². The molecule has 0 radical (unpaired) electrons. The molecule has 0 saturated carbocycles. The second-order valence-electron chi connectivity index (χ2n) is 7.17. The molecule has 8 nitrogen and oxygen atoms in total. The highest BCUT2D eigenvalue weighted by molar-refractivity contribution is 6.04. The predicted octanol–water partition coefficient (Wildman–Crippen LogP) is 1.91. The van der Waals surface area contributed by atoms with Crippen LogP contribution in [-0.4, -0.2) is 61.7 Å². The van der Waals surface area contributed by atoms with Gasteiger partial charge in [-0.15, -0.1) is 0 Å². The summed E-state index contributed by atoms with van der Waals surface area (Å²) in [5.41, 5.74) is 2.05. The zero-order valence-corrected chi connectivity index (χ0v) is 16.6. The third-order valence-corrected chi connectivity index (χ3v) is 5.38. The SMILES string of the molecule is COc1ccc(CN2C(=O)CNc3ncc(C(=O)N4CCC(OC)C4)cc32)cc1. The molecular weight excluding hydrogens is 372 g/mol. The molecule has 1 aromatic heterocycles. The monoisotopic (exact) mass is 396 g/mol. The van der Waals surface area contributed by atoms with Gasteiger partial charge >= 0.3 is 0 Å². The molecule has 1 N–H and O–H groups in total. The van der Waals surface area contributed by atoms with Crippen LogP contribution in [0.1, 0.15) is 22.3 Å². The van der Waals surface area contributed by atoms with Gasteiger partial charge in [-0.25, -0.2) is 4.98 Å². The smallest absolute Gasteiger partial charge is 0.255 e. The van der Waals surface area contributed by atoms with Crippen LogP contribution in [0.5, 0.6) is 5.75 Å². The molecule has 29 heavy (non-hydrogen) atoms. The Labute approximate surface area is 169 Å². The van der Waals surface area contributed by atoms with E-state index in [0.29, 0.717) is 36.7 Å². The van der Waals surface area contributed by atoms with Crippen LogP contribution in [0.25, 0.3) is 0 Å². The lowest BCUT2D eigenvalue weighted by Crippen LogP contribution is -2.40. The lowest BCUT2D eigenvalue weighted by atomic mass is 10.1. The molecule has 2 aliphatic rings. The number of carbonyl (C=O) groups excluding carboxylic acids is 2. The average Bonchev–Trinajstić information content (AvgIpc) is 3.25. The molecule has 1 unspecified atom stereocenters. The van der Waals surface area contributed by atoms with E-state index in [1.165, 1.54) is 0 Å². The van der Waals surface area contributed by atoms with Crippen molar-refractivity contribution in [3.63, 3.8) is 0 Å². The van der Waals surface area contributed by atoms with Gasteiger partial charge in [0.25, 0.3) is 5.91 Å². The number of methoxy groups -OCH3 is 2. The maximum atomic E-state index is 12.9. The van der Waals surface area contributed by atoms with Crippen LogP contribution < -0.4 is 15.0 Å². The van der Waals surface area contributed by atoms with Crippen molar-refractivity contribution in [2.75, 3.05) is 44.1 Å². The average molecular weight is 396 g/mol. The number of carbonyl (C=O) groups is 2. The summed E-state index contributed by atoms with van der Waals surface area (Å²) in [6, 6.07) is 9.32. The first-order chi connectivity index (χ1) is 14.1. The standard InChI is InChI=1S/C21H24N4O4/c1-28-16-5-3-14(4-6-16)12-25-18-9-15(10-22-20(18)23-11-19(25)26)21(27)24-8-7-17(13-24)29-2/h3-6,9-10,17H,7-8,11-13H2,1-2H3,(H,22,23). The minimum absolute atomic E-state index is 0.0688. The minimum Gasteiger partial charge on any atom is -0.497 e. The van der Waals surface area contributed by atoms with Crippen LogP contribution in [0.15, 0.2) is 36.5 Å². The molecular formula is C21H24N4O4. The zero-order chi connectivity index (χ0) is 20.4. The largest absolute Gasteiger partial charge is 0.497 e. The van der Waals surface area contributed by atoms with Crippen LogP contribution in [-0.2, 0) is 16.1 Å². The predicted molar refractivity (Wildman–Crippen MR) is 108 cm³/mol. The second kappa shape index (κ2) is 8.08. The summed E-state index contributed by atoms with van der Waals surface area (Å²) in [6.45, 7) is 1.79. The quantitative estimate of drug-likeness (QED) is 0.831. The topological polar surface area (TPSA) is 84.0 Å². The minimum atomic E-state index is -0.0951. The van der Waals surface area contributed by atoms with Gasteiger partial charge in [-0.3, -0.25) is 9.59 Å². The van der Waals surface area contributed by atoms with Gasteiger partial charge in [-0.05, 0) is 30.2 Å². The summed E-state index contributed by atoms with van der Waals surface area (Å²) in [6.07, 6.45) is 2.46. The zero-order valence-electron chi connectivity index (χ0n) is 16.6. The maximum Gasteiger partial charge on any atom is 0.255 e. The molecule has 2 aliphatic heterocycles. The molecule has 8 heteroatoms. The fourth-order valence-corrected chi connectivity index (χ4v) is 3.68. The lowest BCUT2D eigenvalue weighted by Gasteiger charge is -2.30. The number of nitrogens with zero attached hydrogens (tertiary/aromatic N) is 3. The summed E-state index contributed by atoms with van der Waals surface area (Å²) in [5.74, 6) is 1.20. The summed E-state index contributed by atoms with van der Waals surface area (Å²) in [5, 5.41) is 3.03. The highest BCUT2D eigenvalue weighted by atomic mass is 16.5. The molecule has 2 aromatic rings.